The number of carbonyl (C=O) groups is 1. The first kappa shape index (κ1) is 7.38. The summed E-state index contributed by atoms with van der Waals surface area (Å²) in [6.07, 6.45) is 2.33. The first-order valence-corrected chi connectivity index (χ1v) is 3.74. The summed E-state index contributed by atoms with van der Waals surface area (Å²) in [5, 5.41) is 0. The van der Waals surface area contributed by atoms with E-state index in [0.717, 1.165) is 19.5 Å². The number of urea groups is 1. The predicted octanol–water partition coefficient (Wildman–Crippen LogP) is 0.797. The Hall–Kier alpha value is -0.730. The molecule has 0 aromatic rings. The largest absolute Gasteiger partial charge is 0.351 e. The number of piperidine rings is 1. The minimum absolute atomic E-state index is 0.272. The smallest absolute Gasteiger partial charge is 0.314 e. The fourth-order valence-electron chi connectivity index (χ4n) is 1.39. The molecule has 3 nitrogen and oxygen atoms in total. The van der Waals surface area contributed by atoms with Crippen molar-refractivity contribution < 1.29 is 4.79 Å². The van der Waals surface area contributed by atoms with Gasteiger partial charge in [0.25, 0.3) is 0 Å². The SMILES string of the molecule is C[C@H]1CCCN(C(N)=O)C1. The molecule has 1 saturated heterocycles. The minimum atomic E-state index is -0.272. The lowest BCUT2D eigenvalue weighted by atomic mass is 10.0. The standard InChI is InChI=1S/C7H14N2O/c1-6-3-2-4-9(5-6)7(8)10/h6H,2-5H2,1H3,(H2,8,10)/t6-/m0/s1. The maximum Gasteiger partial charge on any atom is 0.314 e. The highest BCUT2D eigenvalue weighted by molar-refractivity contribution is 5.72. The monoisotopic (exact) mass is 142 g/mol. The molecule has 1 rings (SSSR count). The molecule has 2 N–H and O–H groups in total. The number of primary amides is 1. The highest BCUT2D eigenvalue weighted by atomic mass is 16.2. The number of amides is 2. The van der Waals surface area contributed by atoms with E-state index >= 15 is 0 Å². The fraction of sp³-hybridized carbons (Fsp3) is 0.857. The maximum absolute atomic E-state index is 10.6. The van der Waals surface area contributed by atoms with Gasteiger partial charge in [0, 0.05) is 13.1 Å². The number of nitrogens with zero attached hydrogens (tertiary/aromatic N) is 1. The molecule has 10 heavy (non-hydrogen) atoms. The second kappa shape index (κ2) is 2.90. The van der Waals surface area contributed by atoms with Crippen LogP contribution in [0.3, 0.4) is 0 Å². The average molecular weight is 142 g/mol. The van der Waals surface area contributed by atoms with Gasteiger partial charge in [-0.1, -0.05) is 6.92 Å². The Morgan fingerprint density at radius 2 is 2.40 bits per heavy atom. The summed E-state index contributed by atoms with van der Waals surface area (Å²) in [4.78, 5) is 12.4. The van der Waals surface area contributed by atoms with Crippen LogP contribution in [0.15, 0.2) is 0 Å². The van der Waals surface area contributed by atoms with Gasteiger partial charge in [0.05, 0.1) is 0 Å². The zero-order valence-corrected chi connectivity index (χ0v) is 6.34. The van der Waals surface area contributed by atoms with Gasteiger partial charge < -0.3 is 10.6 Å². The van der Waals surface area contributed by atoms with Crippen LogP contribution in [0.4, 0.5) is 4.79 Å². The molecular formula is C7H14N2O. The van der Waals surface area contributed by atoms with E-state index in [1.54, 1.807) is 4.90 Å². The van der Waals surface area contributed by atoms with Gasteiger partial charge in [-0.3, -0.25) is 0 Å². The van der Waals surface area contributed by atoms with Gasteiger partial charge >= 0.3 is 6.03 Å². The Labute approximate surface area is 61.2 Å². The van der Waals surface area contributed by atoms with E-state index in [2.05, 4.69) is 6.92 Å². The van der Waals surface area contributed by atoms with Gasteiger partial charge in [0.1, 0.15) is 0 Å². The van der Waals surface area contributed by atoms with Crippen molar-refractivity contribution in [3.05, 3.63) is 0 Å². The lowest BCUT2D eigenvalue weighted by molar-refractivity contribution is 0.178. The topological polar surface area (TPSA) is 46.3 Å². The Bertz CT molecular complexity index is 136. The van der Waals surface area contributed by atoms with Crippen LogP contribution in [0.25, 0.3) is 0 Å². The van der Waals surface area contributed by atoms with Crippen molar-refractivity contribution in [1.82, 2.24) is 4.90 Å². The van der Waals surface area contributed by atoms with Crippen molar-refractivity contribution >= 4 is 6.03 Å². The van der Waals surface area contributed by atoms with Crippen LogP contribution in [0.5, 0.6) is 0 Å². The Balaban J connectivity index is 2.39. The van der Waals surface area contributed by atoms with Crippen LogP contribution in [-0.2, 0) is 0 Å². The summed E-state index contributed by atoms with van der Waals surface area (Å²) in [6, 6.07) is -0.272. The number of hydrogen-bond acceptors (Lipinski definition) is 1. The summed E-state index contributed by atoms with van der Waals surface area (Å²) in [6.45, 7) is 3.84. The third-order valence-electron chi connectivity index (χ3n) is 1.97. The third-order valence-corrected chi connectivity index (χ3v) is 1.97. The molecule has 0 aromatic carbocycles. The van der Waals surface area contributed by atoms with E-state index in [9.17, 15) is 4.79 Å². The molecule has 0 aliphatic carbocycles. The molecule has 1 atom stereocenters. The Kier molecular flexibility index (Phi) is 2.14. The molecule has 3 heteroatoms. The second-order valence-corrected chi connectivity index (χ2v) is 3.03. The van der Waals surface area contributed by atoms with Gasteiger partial charge in [-0.2, -0.15) is 0 Å². The van der Waals surface area contributed by atoms with E-state index in [4.69, 9.17) is 5.73 Å². The molecule has 2 amide bonds. The molecule has 0 bridgehead atoms. The molecule has 0 radical (unpaired) electrons. The zero-order chi connectivity index (χ0) is 7.56. The normalized spacial score (nSPS) is 26.5. The van der Waals surface area contributed by atoms with Crippen molar-refractivity contribution in [2.45, 2.75) is 19.8 Å². The predicted molar refractivity (Wildman–Crippen MR) is 39.6 cm³/mol. The summed E-state index contributed by atoms with van der Waals surface area (Å²) in [7, 11) is 0. The van der Waals surface area contributed by atoms with Crippen molar-refractivity contribution in [3.63, 3.8) is 0 Å². The summed E-state index contributed by atoms with van der Waals surface area (Å²) in [5.74, 6) is 0.626. The van der Waals surface area contributed by atoms with Gasteiger partial charge in [-0.25, -0.2) is 4.79 Å². The Morgan fingerprint density at radius 3 is 2.80 bits per heavy atom. The van der Waals surface area contributed by atoms with Crippen LogP contribution in [-0.4, -0.2) is 24.0 Å². The number of carbonyl (C=O) groups excluding carboxylic acids is 1. The number of rotatable bonds is 0. The lowest BCUT2D eigenvalue weighted by Gasteiger charge is -2.29. The minimum Gasteiger partial charge on any atom is -0.351 e. The van der Waals surface area contributed by atoms with Crippen LogP contribution >= 0.6 is 0 Å². The number of likely N-dealkylation sites (tertiary alicyclic amines) is 1. The van der Waals surface area contributed by atoms with Gasteiger partial charge in [-0.15, -0.1) is 0 Å². The van der Waals surface area contributed by atoms with Crippen LogP contribution in [0.1, 0.15) is 19.8 Å². The lowest BCUT2D eigenvalue weighted by Crippen LogP contribution is -2.42. The van der Waals surface area contributed by atoms with Crippen molar-refractivity contribution in [2.75, 3.05) is 13.1 Å². The average Bonchev–Trinajstić information content (AvgIpc) is 1.88. The van der Waals surface area contributed by atoms with Crippen molar-refractivity contribution in [2.24, 2.45) is 11.7 Å². The quantitative estimate of drug-likeness (QED) is 0.534. The molecule has 1 aliphatic rings. The first-order valence-electron chi connectivity index (χ1n) is 3.74. The number of hydrogen-bond donors (Lipinski definition) is 1. The fourth-order valence-corrected chi connectivity index (χ4v) is 1.39. The van der Waals surface area contributed by atoms with Gasteiger partial charge in [-0.05, 0) is 18.8 Å². The summed E-state index contributed by atoms with van der Waals surface area (Å²) >= 11 is 0. The summed E-state index contributed by atoms with van der Waals surface area (Å²) in [5.41, 5.74) is 5.12. The van der Waals surface area contributed by atoms with E-state index in [1.807, 2.05) is 0 Å². The molecule has 0 spiro atoms. The zero-order valence-electron chi connectivity index (χ0n) is 6.34. The van der Waals surface area contributed by atoms with Crippen LogP contribution < -0.4 is 5.73 Å². The second-order valence-electron chi connectivity index (χ2n) is 3.03. The van der Waals surface area contributed by atoms with E-state index in [0.29, 0.717) is 5.92 Å². The third kappa shape index (κ3) is 1.62. The van der Waals surface area contributed by atoms with Crippen LogP contribution in [0.2, 0.25) is 0 Å². The molecular weight excluding hydrogens is 128 g/mol. The molecule has 0 saturated carbocycles. The van der Waals surface area contributed by atoms with Gasteiger partial charge in [0.2, 0.25) is 0 Å². The number of nitrogens with two attached hydrogens (primary N) is 1. The van der Waals surface area contributed by atoms with Crippen LogP contribution in [0, 0.1) is 5.92 Å². The van der Waals surface area contributed by atoms with E-state index in [1.165, 1.54) is 6.42 Å². The summed E-state index contributed by atoms with van der Waals surface area (Å²) < 4.78 is 0. The highest BCUT2D eigenvalue weighted by Gasteiger charge is 2.17. The molecule has 1 heterocycles. The Morgan fingerprint density at radius 1 is 1.70 bits per heavy atom. The van der Waals surface area contributed by atoms with Crippen molar-refractivity contribution in [3.8, 4) is 0 Å². The molecule has 1 fully saturated rings. The molecule has 0 aromatic heterocycles. The van der Waals surface area contributed by atoms with E-state index < -0.39 is 0 Å². The molecule has 0 unspecified atom stereocenters. The van der Waals surface area contributed by atoms with Gasteiger partial charge in [0.15, 0.2) is 0 Å². The molecule has 1 aliphatic heterocycles. The van der Waals surface area contributed by atoms with Crippen molar-refractivity contribution in [1.29, 1.82) is 0 Å². The van der Waals surface area contributed by atoms with E-state index in [-0.39, 0.29) is 6.03 Å². The highest BCUT2D eigenvalue weighted by Crippen LogP contribution is 2.14. The maximum atomic E-state index is 10.6. The first-order chi connectivity index (χ1) is 4.70. The molecule has 58 valence electrons.